The van der Waals surface area contributed by atoms with Crippen molar-refractivity contribution in [3.63, 3.8) is 0 Å². The lowest BCUT2D eigenvalue weighted by molar-refractivity contribution is 0.354. The number of anilines is 1. The molecule has 3 rings (SSSR count). The first kappa shape index (κ1) is 18.1. The fourth-order valence-electron chi connectivity index (χ4n) is 2.06. The van der Waals surface area contributed by atoms with Crippen LogP contribution in [0.25, 0.3) is 0 Å². The number of aromatic nitrogens is 2. The van der Waals surface area contributed by atoms with Gasteiger partial charge >= 0.3 is 0 Å². The molecule has 0 saturated carbocycles. The Kier molecular flexibility index (Phi) is 6.22. The van der Waals surface area contributed by atoms with Gasteiger partial charge in [0.1, 0.15) is 5.76 Å². The van der Waals surface area contributed by atoms with E-state index in [9.17, 15) is 0 Å². The fraction of sp³-hybridized carbons (Fsp3) is 0.250. The Morgan fingerprint density at radius 1 is 1.24 bits per heavy atom. The molecule has 0 bridgehead atoms. The summed E-state index contributed by atoms with van der Waals surface area (Å²) in [6, 6.07) is 7.65. The van der Waals surface area contributed by atoms with Gasteiger partial charge in [0.2, 0.25) is 5.13 Å². The lowest BCUT2D eigenvalue weighted by Gasteiger charge is -2.11. The van der Waals surface area contributed by atoms with Crippen molar-refractivity contribution in [3.8, 4) is 11.5 Å². The van der Waals surface area contributed by atoms with E-state index < -0.39 is 0 Å². The summed E-state index contributed by atoms with van der Waals surface area (Å²) in [5, 5.41) is 12.3. The Balaban J connectivity index is 1.60. The van der Waals surface area contributed by atoms with Crippen LogP contribution in [0.4, 0.5) is 5.13 Å². The molecule has 6 nitrogen and oxygen atoms in total. The minimum Gasteiger partial charge on any atom is -0.493 e. The monoisotopic (exact) mass is 441 g/mol. The smallest absolute Gasteiger partial charge is 0.206 e. The highest BCUT2D eigenvalue weighted by atomic mass is 79.9. The number of rotatable bonds is 8. The third-order valence-electron chi connectivity index (χ3n) is 3.30. The highest BCUT2D eigenvalue weighted by Gasteiger charge is 2.12. The van der Waals surface area contributed by atoms with Crippen molar-refractivity contribution in [2.75, 3.05) is 19.5 Å². The lowest BCUT2D eigenvalue weighted by atomic mass is 10.2. The van der Waals surface area contributed by atoms with E-state index in [4.69, 9.17) is 13.9 Å². The van der Waals surface area contributed by atoms with Crippen LogP contribution in [-0.2, 0) is 12.3 Å². The number of furan rings is 1. The minimum absolute atomic E-state index is 0.591. The van der Waals surface area contributed by atoms with E-state index in [-0.39, 0.29) is 0 Å². The third-order valence-corrected chi connectivity index (χ3v) is 6.11. The number of methoxy groups -OCH3 is 2. The Morgan fingerprint density at radius 2 is 2.04 bits per heavy atom. The van der Waals surface area contributed by atoms with Gasteiger partial charge in [0.05, 0.1) is 27.0 Å². The average molecular weight is 442 g/mol. The van der Waals surface area contributed by atoms with Gasteiger partial charge in [-0.3, -0.25) is 0 Å². The van der Waals surface area contributed by atoms with Gasteiger partial charge in [-0.1, -0.05) is 39.0 Å². The zero-order valence-corrected chi connectivity index (χ0v) is 16.8. The molecule has 0 amide bonds. The summed E-state index contributed by atoms with van der Waals surface area (Å²) in [5.74, 6) is 3.01. The molecule has 0 spiro atoms. The molecule has 25 heavy (non-hydrogen) atoms. The highest BCUT2D eigenvalue weighted by Crippen LogP contribution is 2.37. The van der Waals surface area contributed by atoms with Crippen LogP contribution in [0.2, 0.25) is 0 Å². The molecular weight excluding hydrogens is 426 g/mol. The number of thioether (sulfide) groups is 1. The zero-order chi connectivity index (χ0) is 17.6. The number of nitrogens with one attached hydrogen (secondary N) is 1. The summed E-state index contributed by atoms with van der Waals surface area (Å²) in [7, 11) is 3.25. The van der Waals surface area contributed by atoms with Gasteiger partial charge in [-0.2, -0.15) is 0 Å². The van der Waals surface area contributed by atoms with Gasteiger partial charge in [0, 0.05) is 10.2 Å². The van der Waals surface area contributed by atoms with Crippen LogP contribution in [0.1, 0.15) is 11.3 Å². The minimum atomic E-state index is 0.591. The normalized spacial score (nSPS) is 10.7. The molecule has 2 aromatic heterocycles. The number of halogens is 1. The molecule has 132 valence electrons. The van der Waals surface area contributed by atoms with Crippen molar-refractivity contribution >= 4 is 44.2 Å². The van der Waals surface area contributed by atoms with Crippen molar-refractivity contribution in [1.29, 1.82) is 0 Å². The SMILES string of the molecule is COc1cc(Br)c(CSc2nnc(NCc3ccco3)s2)cc1OC. The number of benzene rings is 1. The molecule has 9 heteroatoms. The second-order valence-corrected chi connectivity index (χ2v) is 7.95. The second-order valence-electron chi connectivity index (χ2n) is 4.89. The number of ether oxygens (including phenoxy) is 2. The summed E-state index contributed by atoms with van der Waals surface area (Å²) in [6.07, 6.45) is 1.65. The summed E-state index contributed by atoms with van der Waals surface area (Å²) >= 11 is 6.71. The largest absolute Gasteiger partial charge is 0.493 e. The molecule has 0 aliphatic rings. The molecule has 0 saturated heterocycles. The molecule has 0 unspecified atom stereocenters. The van der Waals surface area contributed by atoms with E-state index in [1.807, 2.05) is 24.3 Å². The van der Waals surface area contributed by atoms with Crippen molar-refractivity contribution in [2.45, 2.75) is 16.6 Å². The standard InChI is InChI=1S/C16H16BrN3O3S2/c1-21-13-6-10(12(17)7-14(13)22-2)9-24-16-20-19-15(25-16)18-8-11-4-3-5-23-11/h3-7H,8-9H2,1-2H3,(H,18,19). The van der Waals surface area contributed by atoms with Gasteiger partial charge in [-0.05, 0) is 29.8 Å². The average Bonchev–Trinajstić information content (AvgIpc) is 3.30. The Morgan fingerprint density at radius 3 is 2.76 bits per heavy atom. The predicted octanol–water partition coefficient (Wildman–Crippen LogP) is 4.82. The van der Waals surface area contributed by atoms with Crippen LogP contribution >= 0.6 is 39.0 Å². The van der Waals surface area contributed by atoms with Gasteiger partial charge in [0.15, 0.2) is 15.8 Å². The molecule has 0 aliphatic carbocycles. The molecular formula is C16H16BrN3O3S2. The van der Waals surface area contributed by atoms with Crippen LogP contribution in [0.5, 0.6) is 11.5 Å². The van der Waals surface area contributed by atoms with Crippen LogP contribution < -0.4 is 14.8 Å². The van der Waals surface area contributed by atoms with E-state index in [1.54, 1.807) is 32.2 Å². The van der Waals surface area contributed by atoms with Gasteiger partial charge < -0.3 is 19.2 Å². The zero-order valence-electron chi connectivity index (χ0n) is 13.6. The van der Waals surface area contributed by atoms with E-state index in [1.165, 1.54) is 11.3 Å². The van der Waals surface area contributed by atoms with Crippen molar-refractivity contribution in [1.82, 2.24) is 10.2 Å². The van der Waals surface area contributed by atoms with Crippen molar-refractivity contribution < 1.29 is 13.9 Å². The molecule has 1 N–H and O–H groups in total. The fourth-order valence-corrected chi connectivity index (χ4v) is 4.45. The molecule has 1 aromatic carbocycles. The molecule has 3 aromatic rings. The lowest BCUT2D eigenvalue weighted by Crippen LogP contribution is -1.96. The van der Waals surface area contributed by atoms with Crippen LogP contribution in [0.15, 0.2) is 43.8 Å². The first-order valence-corrected chi connectivity index (χ1v) is 9.92. The number of hydrogen-bond acceptors (Lipinski definition) is 8. The number of nitrogens with zero attached hydrogens (tertiary/aromatic N) is 2. The Hall–Kier alpha value is -1.71. The molecule has 0 aliphatic heterocycles. The molecule has 2 heterocycles. The van der Waals surface area contributed by atoms with Crippen molar-refractivity contribution in [3.05, 3.63) is 46.3 Å². The predicted molar refractivity (Wildman–Crippen MR) is 103 cm³/mol. The van der Waals surface area contributed by atoms with Crippen LogP contribution in [0, 0.1) is 0 Å². The third kappa shape index (κ3) is 4.68. The topological polar surface area (TPSA) is 69.4 Å². The summed E-state index contributed by atoms with van der Waals surface area (Å²) in [6.45, 7) is 0.591. The van der Waals surface area contributed by atoms with Crippen molar-refractivity contribution in [2.24, 2.45) is 0 Å². The van der Waals surface area contributed by atoms with Gasteiger partial charge in [-0.15, -0.1) is 10.2 Å². The van der Waals surface area contributed by atoms with E-state index in [0.29, 0.717) is 18.0 Å². The number of hydrogen-bond donors (Lipinski definition) is 1. The first-order valence-electron chi connectivity index (χ1n) is 7.32. The molecule has 0 atom stereocenters. The second kappa shape index (κ2) is 8.59. The Bertz CT molecular complexity index is 824. The van der Waals surface area contributed by atoms with E-state index in [0.717, 1.165) is 31.0 Å². The van der Waals surface area contributed by atoms with Crippen LogP contribution in [-0.4, -0.2) is 24.4 Å². The maximum Gasteiger partial charge on any atom is 0.206 e. The van der Waals surface area contributed by atoms with Gasteiger partial charge in [-0.25, -0.2) is 0 Å². The quantitative estimate of drug-likeness (QED) is 0.502. The summed E-state index contributed by atoms with van der Waals surface area (Å²) in [5.41, 5.74) is 1.10. The van der Waals surface area contributed by atoms with Crippen LogP contribution in [0.3, 0.4) is 0 Å². The van der Waals surface area contributed by atoms with E-state index >= 15 is 0 Å². The highest BCUT2D eigenvalue weighted by molar-refractivity contribution is 9.10. The van der Waals surface area contributed by atoms with Gasteiger partial charge in [0.25, 0.3) is 0 Å². The Labute approximate surface area is 162 Å². The molecule has 0 fully saturated rings. The van der Waals surface area contributed by atoms with E-state index in [2.05, 4.69) is 31.4 Å². The summed E-state index contributed by atoms with van der Waals surface area (Å²) in [4.78, 5) is 0. The first-order chi connectivity index (χ1) is 12.2. The maximum atomic E-state index is 5.36. The summed E-state index contributed by atoms with van der Waals surface area (Å²) < 4.78 is 17.8. The maximum absolute atomic E-state index is 5.36. The molecule has 0 radical (unpaired) electrons.